The highest BCUT2D eigenvalue weighted by Gasteiger charge is 2.33. The van der Waals surface area contributed by atoms with Gasteiger partial charge in [0.05, 0.1) is 10.6 Å². The number of sulfonamides is 1. The summed E-state index contributed by atoms with van der Waals surface area (Å²) in [6.45, 7) is 2.84. The van der Waals surface area contributed by atoms with Gasteiger partial charge < -0.3 is 15.4 Å². The topological polar surface area (TPSA) is 105 Å². The van der Waals surface area contributed by atoms with Crippen LogP contribution < -0.4 is 15.4 Å². The first-order valence-electron chi connectivity index (χ1n) is 10.8. The summed E-state index contributed by atoms with van der Waals surface area (Å²) >= 11 is 0. The van der Waals surface area contributed by atoms with E-state index in [0.717, 1.165) is 5.56 Å². The minimum absolute atomic E-state index is 0.0509. The van der Waals surface area contributed by atoms with Crippen LogP contribution in [0.3, 0.4) is 0 Å². The summed E-state index contributed by atoms with van der Waals surface area (Å²) in [5, 5.41) is 5.67. The van der Waals surface area contributed by atoms with Crippen LogP contribution in [0.25, 0.3) is 0 Å². The van der Waals surface area contributed by atoms with Crippen LogP contribution in [0.5, 0.6) is 5.75 Å². The molecule has 2 heterocycles. The first-order valence-corrected chi connectivity index (χ1v) is 12.3. The molecule has 2 N–H and O–H groups in total. The van der Waals surface area contributed by atoms with E-state index in [2.05, 4.69) is 10.6 Å². The summed E-state index contributed by atoms with van der Waals surface area (Å²) in [5.41, 5.74) is 1.38. The van der Waals surface area contributed by atoms with Gasteiger partial charge in [-0.2, -0.15) is 4.31 Å². The first-order chi connectivity index (χ1) is 15.4. The fourth-order valence-electron chi connectivity index (χ4n) is 4.00. The van der Waals surface area contributed by atoms with Gasteiger partial charge in [0.1, 0.15) is 5.75 Å². The van der Waals surface area contributed by atoms with Gasteiger partial charge in [0.15, 0.2) is 6.10 Å². The Morgan fingerprint density at radius 1 is 1.16 bits per heavy atom. The Morgan fingerprint density at radius 3 is 2.56 bits per heavy atom. The third kappa shape index (κ3) is 4.63. The van der Waals surface area contributed by atoms with Crippen LogP contribution in [0.1, 0.15) is 31.7 Å². The summed E-state index contributed by atoms with van der Waals surface area (Å²) in [5.74, 6) is -0.0848. The van der Waals surface area contributed by atoms with E-state index in [1.807, 2.05) is 37.3 Å². The molecular weight excluding hydrogens is 430 g/mol. The fourth-order valence-corrected chi connectivity index (χ4v) is 5.49. The van der Waals surface area contributed by atoms with Gasteiger partial charge in [-0.1, -0.05) is 37.3 Å². The number of rotatable bonds is 6. The summed E-state index contributed by atoms with van der Waals surface area (Å²) in [4.78, 5) is 24.7. The second-order valence-corrected chi connectivity index (χ2v) is 9.98. The maximum absolute atomic E-state index is 13.1. The molecule has 0 saturated carbocycles. The number of hydrogen-bond donors (Lipinski definition) is 2. The van der Waals surface area contributed by atoms with Crippen molar-refractivity contribution in [3.63, 3.8) is 0 Å². The molecule has 2 aliphatic heterocycles. The number of benzene rings is 2. The second-order valence-electron chi connectivity index (χ2n) is 8.04. The second kappa shape index (κ2) is 9.30. The lowest BCUT2D eigenvalue weighted by molar-refractivity contribution is -0.126. The molecule has 0 bridgehead atoms. The number of nitrogens with one attached hydrogen (secondary N) is 2. The van der Waals surface area contributed by atoms with Gasteiger partial charge in [0.25, 0.3) is 5.91 Å². The zero-order valence-corrected chi connectivity index (χ0v) is 18.7. The molecule has 32 heavy (non-hydrogen) atoms. The molecule has 2 aliphatic rings. The maximum Gasteiger partial charge on any atom is 0.265 e. The van der Waals surface area contributed by atoms with E-state index >= 15 is 0 Å². The van der Waals surface area contributed by atoms with Gasteiger partial charge in [0.2, 0.25) is 15.9 Å². The molecule has 0 aromatic heterocycles. The van der Waals surface area contributed by atoms with Crippen LogP contribution in [-0.2, 0) is 26.2 Å². The van der Waals surface area contributed by atoms with Gasteiger partial charge in [-0.25, -0.2) is 8.42 Å². The largest absolute Gasteiger partial charge is 0.478 e. The van der Waals surface area contributed by atoms with Crippen molar-refractivity contribution in [3.05, 3.63) is 54.1 Å². The van der Waals surface area contributed by atoms with E-state index in [1.165, 1.54) is 16.4 Å². The Bertz CT molecular complexity index is 1100. The van der Waals surface area contributed by atoms with Crippen molar-refractivity contribution in [1.29, 1.82) is 0 Å². The van der Waals surface area contributed by atoms with E-state index < -0.39 is 16.1 Å². The SMILES string of the molecule is CCC1Oc2ccc(S(=O)(=O)N3CCC(C(=O)NCc4ccccc4)CC3)cc2NC1=O. The van der Waals surface area contributed by atoms with Crippen LogP contribution in [0.4, 0.5) is 5.69 Å². The molecule has 0 spiro atoms. The van der Waals surface area contributed by atoms with Crippen molar-refractivity contribution in [2.24, 2.45) is 5.92 Å². The average molecular weight is 458 g/mol. The van der Waals surface area contributed by atoms with Gasteiger partial charge in [-0.05, 0) is 43.0 Å². The first kappa shape index (κ1) is 22.3. The van der Waals surface area contributed by atoms with Crippen LogP contribution in [-0.4, -0.2) is 43.7 Å². The van der Waals surface area contributed by atoms with E-state index in [4.69, 9.17) is 4.74 Å². The van der Waals surface area contributed by atoms with Crippen molar-refractivity contribution in [2.45, 2.75) is 43.7 Å². The van der Waals surface area contributed by atoms with Crippen LogP contribution >= 0.6 is 0 Å². The highest BCUT2D eigenvalue weighted by Crippen LogP contribution is 2.34. The lowest BCUT2D eigenvalue weighted by Gasteiger charge is -2.31. The molecule has 0 aliphatic carbocycles. The molecule has 1 unspecified atom stereocenters. The molecule has 170 valence electrons. The van der Waals surface area contributed by atoms with Crippen molar-refractivity contribution in [3.8, 4) is 5.75 Å². The molecule has 8 nitrogen and oxygen atoms in total. The predicted molar refractivity (Wildman–Crippen MR) is 120 cm³/mol. The Labute approximate surface area is 188 Å². The van der Waals surface area contributed by atoms with Crippen LogP contribution in [0.15, 0.2) is 53.4 Å². The Hall–Kier alpha value is -2.91. The molecule has 1 saturated heterocycles. The molecule has 2 aromatic rings. The number of carbonyl (C=O) groups excluding carboxylic acids is 2. The number of hydrogen-bond acceptors (Lipinski definition) is 5. The number of amides is 2. The van der Waals surface area contributed by atoms with Gasteiger partial charge in [0, 0.05) is 25.6 Å². The highest BCUT2D eigenvalue weighted by molar-refractivity contribution is 7.89. The Kier molecular flexibility index (Phi) is 6.48. The van der Waals surface area contributed by atoms with Crippen LogP contribution in [0, 0.1) is 5.92 Å². The molecule has 2 aromatic carbocycles. The maximum atomic E-state index is 13.1. The lowest BCUT2D eigenvalue weighted by Crippen LogP contribution is -2.43. The molecule has 9 heteroatoms. The van der Waals surface area contributed by atoms with E-state index in [-0.39, 0.29) is 35.7 Å². The van der Waals surface area contributed by atoms with Crippen molar-refractivity contribution in [1.82, 2.24) is 9.62 Å². The monoisotopic (exact) mass is 457 g/mol. The van der Waals surface area contributed by atoms with Crippen molar-refractivity contribution in [2.75, 3.05) is 18.4 Å². The van der Waals surface area contributed by atoms with Crippen molar-refractivity contribution < 1.29 is 22.7 Å². The summed E-state index contributed by atoms with van der Waals surface area (Å²) in [7, 11) is -3.74. The van der Waals surface area contributed by atoms with Crippen molar-refractivity contribution >= 4 is 27.5 Å². The highest BCUT2D eigenvalue weighted by atomic mass is 32.2. The number of ether oxygens (including phenoxy) is 1. The number of anilines is 1. The van der Waals surface area contributed by atoms with E-state index in [1.54, 1.807) is 6.07 Å². The standard InChI is InChI=1S/C23H27N3O5S/c1-2-20-23(28)25-19-14-18(8-9-21(19)31-20)32(29,30)26-12-10-17(11-13-26)22(27)24-15-16-6-4-3-5-7-16/h3-9,14,17,20H,2,10-13,15H2,1H3,(H,24,27)(H,25,28). The summed E-state index contributed by atoms with van der Waals surface area (Å²) in [6.07, 6.45) is 0.877. The summed E-state index contributed by atoms with van der Waals surface area (Å²) in [6, 6.07) is 14.2. The molecule has 0 radical (unpaired) electrons. The average Bonchev–Trinajstić information content (AvgIpc) is 2.82. The third-order valence-corrected chi connectivity index (χ3v) is 7.81. The van der Waals surface area contributed by atoms with E-state index in [9.17, 15) is 18.0 Å². The Morgan fingerprint density at radius 2 is 1.88 bits per heavy atom. The van der Waals surface area contributed by atoms with Crippen LogP contribution in [0.2, 0.25) is 0 Å². The zero-order valence-electron chi connectivity index (χ0n) is 17.9. The number of carbonyl (C=O) groups is 2. The normalized spacial score (nSPS) is 19.5. The van der Waals surface area contributed by atoms with Gasteiger partial charge in [-0.15, -0.1) is 0 Å². The molecule has 1 fully saturated rings. The minimum Gasteiger partial charge on any atom is -0.478 e. The number of nitrogens with zero attached hydrogens (tertiary/aromatic N) is 1. The molecule has 4 rings (SSSR count). The fraction of sp³-hybridized carbons (Fsp3) is 0.391. The number of piperidine rings is 1. The molecule has 2 amide bonds. The van der Waals surface area contributed by atoms with Gasteiger partial charge in [-0.3, -0.25) is 9.59 Å². The third-order valence-electron chi connectivity index (χ3n) is 5.91. The lowest BCUT2D eigenvalue weighted by atomic mass is 9.97. The summed E-state index contributed by atoms with van der Waals surface area (Å²) < 4.78 is 33.3. The number of fused-ring (bicyclic) bond motifs is 1. The molecule has 1 atom stereocenters. The predicted octanol–water partition coefficient (Wildman–Crippen LogP) is 2.51. The zero-order chi connectivity index (χ0) is 22.7. The smallest absolute Gasteiger partial charge is 0.265 e. The van der Waals surface area contributed by atoms with E-state index in [0.29, 0.717) is 37.2 Å². The van der Waals surface area contributed by atoms with Gasteiger partial charge >= 0.3 is 0 Å². The minimum atomic E-state index is -3.74. The Balaban J connectivity index is 1.37. The quantitative estimate of drug-likeness (QED) is 0.694. The molecular formula is C23H27N3O5S.